The zero-order valence-corrected chi connectivity index (χ0v) is 12.6. The van der Waals surface area contributed by atoms with E-state index in [2.05, 4.69) is 9.46 Å². The van der Waals surface area contributed by atoms with Crippen molar-refractivity contribution in [2.24, 2.45) is 5.92 Å². The first-order valence-corrected chi connectivity index (χ1v) is 8.28. The second-order valence-corrected chi connectivity index (χ2v) is 6.77. The van der Waals surface area contributed by atoms with E-state index < -0.39 is 16.0 Å². The second kappa shape index (κ2) is 6.55. The molecule has 0 radical (unpaired) electrons. The number of hydrogen-bond acceptors (Lipinski definition) is 5. The van der Waals surface area contributed by atoms with Crippen LogP contribution in [0.25, 0.3) is 0 Å². The van der Waals surface area contributed by atoms with Gasteiger partial charge in [0, 0.05) is 12.6 Å². The van der Waals surface area contributed by atoms with Gasteiger partial charge in [0.2, 0.25) is 10.0 Å². The summed E-state index contributed by atoms with van der Waals surface area (Å²) in [6.45, 7) is -0.0498. The van der Waals surface area contributed by atoms with Crippen molar-refractivity contribution in [2.75, 3.05) is 13.7 Å². The van der Waals surface area contributed by atoms with Crippen LogP contribution in [0.5, 0.6) is 0 Å². The van der Waals surface area contributed by atoms with E-state index >= 15 is 0 Å². The maximum absolute atomic E-state index is 12.5. The van der Waals surface area contributed by atoms with E-state index in [1.54, 1.807) is 12.1 Å². The van der Waals surface area contributed by atoms with Crippen molar-refractivity contribution in [3.63, 3.8) is 0 Å². The highest BCUT2D eigenvalue weighted by atomic mass is 32.2. The van der Waals surface area contributed by atoms with Gasteiger partial charge in [0.25, 0.3) is 0 Å². The monoisotopic (exact) mass is 313 g/mol. The molecule has 0 spiro atoms. The maximum Gasteiger partial charge on any atom is 0.339 e. The van der Waals surface area contributed by atoms with E-state index in [4.69, 9.17) is 0 Å². The summed E-state index contributed by atoms with van der Waals surface area (Å²) >= 11 is 0. The summed E-state index contributed by atoms with van der Waals surface area (Å²) in [7, 11) is -2.63. The lowest BCUT2D eigenvalue weighted by Gasteiger charge is -2.19. The minimum Gasteiger partial charge on any atom is -0.465 e. The molecule has 1 aliphatic rings. The lowest BCUT2D eigenvalue weighted by molar-refractivity contribution is 0.0596. The Morgan fingerprint density at radius 3 is 2.76 bits per heavy atom. The molecule has 0 amide bonds. The molecule has 6 nitrogen and oxygen atoms in total. The van der Waals surface area contributed by atoms with Gasteiger partial charge in [0.05, 0.1) is 17.6 Å². The lowest BCUT2D eigenvalue weighted by Crippen LogP contribution is -2.39. The molecule has 0 heterocycles. The Labute approximate surface area is 124 Å². The Hall–Kier alpha value is -1.44. The number of benzene rings is 1. The highest BCUT2D eigenvalue weighted by molar-refractivity contribution is 7.89. The molecule has 1 fully saturated rings. The van der Waals surface area contributed by atoms with E-state index in [1.165, 1.54) is 19.2 Å². The van der Waals surface area contributed by atoms with Gasteiger partial charge in [0.15, 0.2) is 0 Å². The lowest BCUT2D eigenvalue weighted by atomic mass is 10.1. The van der Waals surface area contributed by atoms with Gasteiger partial charge in [-0.3, -0.25) is 0 Å². The summed E-state index contributed by atoms with van der Waals surface area (Å²) in [5, 5.41) is 9.28. The minimum absolute atomic E-state index is 0.00560. The van der Waals surface area contributed by atoms with Crippen LogP contribution >= 0.6 is 0 Å². The number of rotatable bonds is 5. The quantitative estimate of drug-likeness (QED) is 0.788. The molecule has 2 N–H and O–H groups in total. The Morgan fingerprint density at radius 2 is 2.10 bits per heavy atom. The number of methoxy groups -OCH3 is 1. The van der Waals surface area contributed by atoms with Crippen LogP contribution in [0.3, 0.4) is 0 Å². The van der Waals surface area contributed by atoms with Crippen LogP contribution in [-0.2, 0) is 14.8 Å². The minimum atomic E-state index is -3.83. The SMILES string of the molecule is COC(=O)c1ccccc1S(=O)(=O)NC1CCCC1CO. The zero-order valence-electron chi connectivity index (χ0n) is 11.8. The molecule has 1 aromatic carbocycles. The molecule has 0 bridgehead atoms. The Balaban J connectivity index is 2.30. The fourth-order valence-electron chi connectivity index (χ4n) is 2.65. The van der Waals surface area contributed by atoms with Gasteiger partial charge in [0.1, 0.15) is 0 Å². The first-order valence-electron chi connectivity index (χ1n) is 6.80. The molecular weight excluding hydrogens is 294 g/mol. The summed E-state index contributed by atoms with van der Waals surface area (Å²) in [4.78, 5) is 11.6. The number of carbonyl (C=O) groups is 1. The molecule has 2 atom stereocenters. The number of sulfonamides is 1. The summed E-state index contributed by atoms with van der Waals surface area (Å²) in [6, 6.07) is 5.62. The average molecular weight is 313 g/mol. The fraction of sp³-hybridized carbons (Fsp3) is 0.500. The highest BCUT2D eigenvalue weighted by Gasteiger charge is 2.32. The molecule has 0 aromatic heterocycles. The van der Waals surface area contributed by atoms with Gasteiger partial charge in [-0.1, -0.05) is 18.6 Å². The largest absolute Gasteiger partial charge is 0.465 e. The Kier molecular flexibility index (Phi) is 4.97. The number of hydrogen-bond donors (Lipinski definition) is 2. The van der Waals surface area contributed by atoms with Crippen LogP contribution in [0.4, 0.5) is 0 Å². The summed E-state index contributed by atoms with van der Waals surface area (Å²) in [5.74, 6) is -0.772. The van der Waals surface area contributed by atoms with Crippen LogP contribution in [0.2, 0.25) is 0 Å². The van der Waals surface area contributed by atoms with Crippen molar-refractivity contribution >= 4 is 16.0 Å². The molecule has 0 saturated heterocycles. The predicted octanol–water partition coefficient (Wildman–Crippen LogP) is 0.912. The van der Waals surface area contributed by atoms with Crippen molar-refractivity contribution < 1.29 is 23.1 Å². The molecule has 7 heteroatoms. The predicted molar refractivity (Wildman–Crippen MR) is 76.3 cm³/mol. The molecule has 2 rings (SSSR count). The number of aliphatic hydroxyl groups is 1. The topological polar surface area (TPSA) is 92.7 Å². The van der Waals surface area contributed by atoms with Crippen LogP contribution < -0.4 is 4.72 Å². The van der Waals surface area contributed by atoms with Crippen molar-refractivity contribution in [1.29, 1.82) is 0 Å². The fourth-order valence-corrected chi connectivity index (χ4v) is 4.19. The molecule has 21 heavy (non-hydrogen) atoms. The average Bonchev–Trinajstić information content (AvgIpc) is 2.92. The normalized spacial score (nSPS) is 22.2. The third-order valence-electron chi connectivity index (χ3n) is 3.78. The molecule has 2 unspecified atom stereocenters. The molecule has 1 aliphatic carbocycles. The Bertz CT molecular complexity index is 614. The van der Waals surface area contributed by atoms with E-state index in [-0.39, 0.29) is 29.0 Å². The van der Waals surface area contributed by atoms with Crippen molar-refractivity contribution in [3.05, 3.63) is 29.8 Å². The zero-order chi connectivity index (χ0) is 15.5. The van der Waals surface area contributed by atoms with Crippen LogP contribution in [-0.4, -0.2) is 39.3 Å². The molecular formula is C14H19NO5S. The van der Waals surface area contributed by atoms with E-state index in [0.717, 1.165) is 12.8 Å². The first kappa shape index (κ1) is 15.9. The molecule has 1 aromatic rings. The van der Waals surface area contributed by atoms with Gasteiger partial charge in [-0.15, -0.1) is 0 Å². The number of aliphatic hydroxyl groups excluding tert-OH is 1. The second-order valence-electron chi connectivity index (χ2n) is 5.09. The number of carbonyl (C=O) groups excluding carboxylic acids is 1. The number of ether oxygens (including phenoxy) is 1. The van der Waals surface area contributed by atoms with E-state index in [9.17, 15) is 18.3 Å². The smallest absolute Gasteiger partial charge is 0.339 e. The van der Waals surface area contributed by atoms with Gasteiger partial charge in [-0.05, 0) is 30.9 Å². The summed E-state index contributed by atoms with van der Waals surface area (Å²) in [6.07, 6.45) is 2.35. The van der Waals surface area contributed by atoms with E-state index in [0.29, 0.717) is 6.42 Å². The number of nitrogens with one attached hydrogen (secondary N) is 1. The van der Waals surface area contributed by atoms with Gasteiger partial charge in [-0.2, -0.15) is 0 Å². The first-order chi connectivity index (χ1) is 9.99. The molecule has 1 saturated carbocycles. The highest BCUT2D eigenvalue weighted by Crippen LogP contribution is 2.27. The van der Waals surface area contributed by atoms with Gasteiger partial charge in [-0.25, -0.2) is 17.9 Å². The van der Waals surface area contributed by atoms with Crippen LogP contribution in [0.15, 0.2) is 29.2 Å². The number of esters is 1. The van der Waals surface area contributed by atoms with Crippen LogP contribution in [0.1, 0.15) is 29.6 Å². The van der Waals surface area contributed by atoms with Crippen molar-refractivity contribution in [3.8, 4) is 0 Å². The molecule has 0 aliphatic heterocycles. The van der Waals surface area contributed by atoms with Crippen molar-refractivity contribution in [2.45, 2.75) is 30.2 Å². The summed E-state index contributed by atoms with van der Waals surface area (Å²) in [5.41, 5.74) is 0.00560. The summed E-state index contributed by atoms with van der Waals surface area (Å²) < 4.78 is 32.2. The van der Waals surface area contributed by atoms with Gasteiger partial charge >= 0.3 is 5.97 Å². The molecule has 116 valence electrons. The Morgan fingerprint density at radius 1 is 1.38 bits per heavy atom. The van der Waals surface area contributed by atoms with Gasteiger partial charge < -0.3 is 9.84 Å². The van der Waals surface area contributed by atoms with Crippen molar-refractivity contribution in [1.82, 2.24) is 4.72 Å². The standard InChI is InChI=1S/C14H19NO5S/c1-20-14(17)11-6-2-3-8-13(11)21(18,19)15-12-7-4-5-10(12)9-16/h2-3,6,8,10,12,15-16H,4-5,7,9H2,1H3. The maximum atomic E-state index is 12.5. The van der Waals surface area contributed by atoms with Crippen LogP contribution in [0, 0.1) is 5.92 Å². The van der Waals surface area contributed by atoms with E-state index in [1.807, 2.05) is 0 Å². The third kappa shape index (κ3) is 3.42. The third-order valence-corrected chi connectivity index (χ3v) is 5.33.